The standard InChI is InChI=1S/C13H11N3OS2/c17-13(14-8-9-3-1-5-18-9)11-7-10(15-16-11)12-4-2-6-19-12/h1-7H,8H2,(H,14,17)(H,15,16). The van der Waals surface area contributed by atoms with E-state index in [9.17, 15) is 4.79 Å². The van der Waals surface area contributed by atoms with Gasteiger partial charge in [-0.2, -0.15) is 5.10 Å². The van der Waals surface area contributed by atoms with E-state index >= 15 is 0 Å². The highest BCUT2D eigenvalue weighted by atomic mass is 32.1. The summed E-state index contributed by atoms with van der Waals surface area (Å²) in [6, 6.07) is 9.70. The molecule has 0 saturated carbocycles. The van der Waals surface area contributed by atoms with Gasteiger partial charge in [-0.1, -0.05) is 12.1 Å². The average molecular weight is 289 g/mol. The number of rotatable bonds is 4. The predicted molar refractivity (Wildman–Crippen MR) is 77.4 cm³/mol. The topological polar surface area (TPSA) is 57.8 Å². The van der Waals surface area contributed by atoms with E-state index in [0.29, 0.717) is 12.2 Å². The molecule has 0 fully saturated rings. The van der Waals surface area contributed by atoms with Crippen LogP contribution in [0, 0.1) is 0 Å². The van der Waals surface area contributed by atoms with E-state index < -0.39 is 0 Å². The molecule has 0 aliphatic carbocycles. The van der Waals surface area contributed by atoms with E-state index in [1.165, 1.54) is 0 Å². The maximum Gasteiger partial charge on any atom is 0.272 e. The fourth-order valence-corrected chi connectivity index (χ4v) is 3.00. The summed E-state index contributed by atoms with van der Waals surface area (Å²) >= 11 is 3.23. The molecular formula is C13H11N3OS2. The van der Waals surface area contributed by atoms with Gasteiger partial charge in [-0.05, 0) is 29.0 Å². The van der Waals surface area contributed by atoms with Crippen molar-refractivity contribution in [3.63, 3.8) is 0 Å². The van der Waals surface area contributed by atoms with Crippen LogP contribution < -0.4 is 5.32 Å². The summed E-state index contributed by atoms with van der Waals surface area (Å²) in [6.45, 7) is 0.539. The number of carbonyl (C=O) groups excluding carboxylic acids is 1. The van der Waals surface area contributed by atoms with Crippen LogP contribution in [0.4, 0.5) is 0 Å². The van der Waals surface area contributed by atoms with Gasteiger partial charge in [0.05, 0.1) is 17.1 Å². The molecule has 1 amide bonds. The van der Waals surface area contributed by atoms with Crippen molar-refractivity contribution in [2.45, 2.75) is 6.54 Å². The molecule has 0 spiro atoms. The molecular weight excluding hydrogens is 278 g/mol. The molecule has 19 heavy (non-hydrogen) atoms. The summed E-state index contributed by atoms with van der Waals surface area (Å²) < 4.78 is 0. The second kappa shape index (κ2) is 5.38. The van der Waals surface area contributed by atoms with E-state index in [4.69, 9.17) is 0 Å². The summed E-state index contributed by atoms with van der Waals surface area (Å²) in [5, 5.41) is 13.8. The fraction of sp³-hybridized carbons (Fsp3) is 0.0769. The van der Waals surface area contributed by atoms with Gasteiger partial charge in [0.15, 0.2) is 5.69 Å². The van der Waals surface area contributed by atoms with Crippen molar-refractivity contribution in [3.8, 4) is 10.6 Å². The van der Waals surface area contributed by atoms with E-state index in [0.717, 1.165) is 15.4 Å². The van der Waals surface area contributed by atoms with Crippen molar-refractivity contribution in [2.75, 3.05) is 0 Å². The van der Waals surface area contributed by atoms with Crippen molar-refractivity contribution in [1.82, 2.24) is 15.5 Å². The Kier molecular flexibility index (Phi) is 3.43. The Morgan fingerprint density at radius 1 is 1.26 bits per heavy atom. The summed E-state index contributed by atoms with van der Waals surface area (Å²) in [4.78, 5) is 14.1. The van der Waals surface area contributed by atoms with Gasteiger partial charge < -0.3 is 5.32 Å². The number of nitrogens with zero attached hydrogens (tertiary/aromatic N) is 1. The second-order valence-corrected chi connectivity index (χ2v) is 5.89. The Labute approximate surface area is 118 Å². The molecule has 4 nitrogen and oxygen atoms in total. The van der Waals surface area contributed by atoms with Gasteiger partial charge >= 0.3 is 0 Å². The van der Waals surface area contributed by atoms with E-state index in [1.807, 2.05) is 35.0 Å². The summed E-state index contributed by atoms with van der Waals surface area (Å²) in [5.41, 5.74) is 1.29. The molecule has 3 aromatic rings. The lowest BCUT2D eigenvalue weighted by Crippen LogP contribution is -2.22. The van der Waals surface area contributed by atoms with Crippen molar-refractivity contribution in [3.05, 3.63) is 51.7 Å². The Hall–Kier alpha value is -1.92. The Morgan fingerprint density at radius 2 is 2.11 bits per heavy atom. The normalized spacial score (nSPS) is 10.5. The highest BCUT2D eigenvalue weighted by Crippen LogP contribution is 2.22. The first kappa shape index (κ1) is 12.1. The van der Waals surface area contributed by atoms with E-state index in [1.54, 1.807) is 28.7 Å². The number of aromatic nitrogens is 2. The molecule has 2 N–H and O–H groups in total. The predicted octanol–water partition coefficient (Wildman–Crippen LogP) is 3.13. The quantitative estimate of drug-likeness (QED) is 0.775. The van der Waals surface area contributed by atoms with Crippen molar-refractivity contribution in [1.29, 1.82) is 0 Å². The van der Waals surface area contributed by atoms with Gasteiger partial charge in [-0.15, -0.1) is 22.7 Å². The van der Waals surface area contributed by atoms with Crippen LogP contribution in [0.3, 0.4) is 0 Å². The molecule has 0 aromatic carbocycles. The molecule has 3 rings (SSSR count). The van der Waals surface area contributed by atoms with Crippen LogP contribution in [-0.2, 0) is 6.54 Å². The molecule has 0 unspecified atom stereocenters. The fourth-order valence-electron chi connectivity index (χ4n) is 1.67. The van der Waals surface area contributed by atoms with Crippen LogP contribution in [0.1, 0.15) is 15.4 Å². The first-order valence-corrected chi connectivity index (χ1v) is 7.49. The summed E-state index contributed by atoms with van der Waals surface area (Å²) in [5.74, 6) is -0.160. The summed E-state index contributed by atoms with van der Waals surface area (Å²) in [6.07, 6.45) is 0. The van der Waals surface area contributed by atoms with Gasteiger partial charge in [-0.3, -0.25) is 9.89 Å². The monoisotopic (exact) mass is 289 g/mol. The van der Waals surface area contributed by atoms with Gasteiger partial charge in [0.1, 0.15) is 0 Å². The molecule has 0 bridgehead atoms. The lowest BCUT2D eigenvalue weighted by molar-refractivity contribution is 0.0946. The number of amides is 1. The molecule has 0 atom stereocenters. The molecule has 0 saturated heterocycles. The number of aromatic amines is 1. The van der Waals surface area contributed by atoms with Crippen LogP contribution in [0.15, 0.2) is 41.1 Å². The van der Waals surface area contributed by atoms with Crippen LogP contribution in [-0.4, -0.2) is 16.1 Å². The number of nitrogens with one attached hydrogen (secondary N) is 2. The highest BCUT2D eigenvalue weighted by Gasteiger charge is 2.11. The minimum Gasteiger partial charge on any atom is -0.346 e. The number of carbonyl (C=O) groups is 1. The Balaban J connectivity index is 1.67. The molecule has 0 aliphatic heterocycles. The third-order valence-electron chi connectivity index (χ3n) is 2.60. The molecule has 0 radical (unpaired) electrons. The lowest BCUT2D eigenvalue weighted by Gasteiger charge is -1.99. The smallest absolute Gasteiger partial charge is 0.272 e. The summed E-state index contributed by atoms with van der Waals surface area (Å²) in [7, 11) is 0. The van der Waals surface area contributed by atoms with Crippen LogP contribution in [0.25, 0.3) is 10.6 Å². The minimum atomic E-state index is -0.160. The molecule has 6 heteroatoms. The first-order valence-electron chi connectivity index (χ1n) is 5.73. The third-order valence-corrected chi connectivity index (χ3v) is 4.38. The van der Waals surface area contributed by atoms with E-state index in [-0.39, 0.29) is 5.91 Å². The van der Waals surface area contributed by atoms with Crippen molar-refractivity contribution < 1.29 is 4.79 Å². The minimum absolute atomic E-state index is 0.160. The maximum atomic E-state index is 11.9. The second-order valence-electron chi connectivity index (χ2n) is 3.91. The largest absolute Gasteiger partial charge is 0.346 e. The Morgan fingerprint density at radius 3 is 2.84 bits per heavy atom. The number of hydrogen-bond donors (Lipinski definition) is 2. The number of thiophene rings is 2. The molecule has 0 aliphatic rings. The maximum absolute atomic E-state index is 11.9. The van der Waals surface area contributed by atoms with Crippen LogP contribution >= 0.6 is 22.7 Å². The SMILES string of the molecule is O=C(NCc1cccs1)c1cc(-c2cccs2)[nH]n1. The first-order chi connectivity index (χ1) is 9.33. The van der Waals surface area contributed by atoms with Crippen LogP contribution in [0.5, 0.6) is 0 Å². The van der Waals surface area contributed by atoms with E-state index in [2.05, 4.69) is 15.5 Å². The van der Waals surface area contributed by atoms with Crippen molar-refractivity contribution in [2.24, 2.45) is 0 Å². The Bertz CT molecular complexity index is 656. The molecule has 3 heterocycles. The van der Waals surface area contributed by atoms with Crippen molar-refractivity contribution >= 4 is 28.6 Å². The van der Waals surface area contributed by atoms with Crippen LogP contribution in [0.2, 0.25) is 0 Å². The molecule has 96 valence electrons. The zero-order valence-electron chi connectivity index (χ0n) is 9.92. The number of H-pyrrole nitrogens is 1. The number of hydrogen-bond acceptors (Lipinski definition) is 4. The third kappa shape index (κ3) is 2.74. The zero-order valence-corrected chi connectivity index (χ0v) is 11.6. The zero-order chi connectivity index (χ0) is 13.1. The molecule has 3 aromatic heterocycles. The average Bonchev–Trinajstić information content (AvgIpc) is 3.14. The highest BCUT2D eigenvalue weighted by molar-refractivity contribution is 7.13. The van der Waals surface area contributed by atoms with Gasteiger partial charge in [0.25, 0.3) is 5.91 Å². The van der Waals surface area contributed by atoms with Gasteiger partial charge in [0.2, 0.25) is 0 Å². The lowest BCUT2D eigenvalue weighted by atomic mass is 10.3. The van der Waals surface area contributed by atoms with Gasteiger partial charge in [-0.25, -0.2) is 0 Å². The van der Waals surface area contributed by atoms with Gasteiger partial charge in [0, 0.05) is 4.88 Å².